The number of anilines is 2. The fourth-order valence-corrected chi connectivity index (χ4v) is 2.37. The highest BCUT2D eigenvalue weighted by molar-refractivity contribution is 7.90. The van der Waals surface area contributed by atoms with E-state index in [0.717, 1.165) is 0 Å². The zero-order chi connectivity index (χ0) is 13.1. The molecule has 0 radical (unpaired) electrons. The predicted octanol–water partition coefficient (Wildman–Crippen LogP) is 0.795. The van der Waals surface area contributed by atoms with E-state index in [-0.39, 0.29) is 17.3 Å². The Morgan fingerprint density at radius 2 is 2.06 bits per heavy atom. The van der Waals surface area contributed by atoms with Crippen LogP contribution in [0.4, 0.5) is 11.4 Å². The lowest BCUT2D eigenvalue weighted by Crippen LogP contribution is -2.35. The number of benzene rings is 1. The molecule has 0 aliphatic carbocycles. The van der Waals surface area contributed by atoms with E-state index in [9.17, 15) is 8.42 Å². The molecule has 0 aromatic heterocycles. The minimum Gasteiger partial charge on any atom is -0.399 e. The molecule has 1 aromatic carbocycles. The summed E-state index contributed by atoms with van der Waals surface area (Å²) in [5.74, 6) is 0. The predicted molar refractivity (Wildman–Crippen MR) is 66.4 cm³/mol. The SMILES string of the molecule is CC(C)NS(=O)(=O)Nc1ccc(N)cc1C#N. The summed E-state index contributed by atoms with van der Waals surface area (Å²) in [5, 5.41) is 8.86. The van der Waals surface area contributed by atoms with Gasteiger partial charge in [0.25, 0.3) is 10.2 Å². The highest BCUT2D eigenvalue weighted by atomic mass is 32.2. The van der Waals surface area contributed by atoms with Gasteiger partial charge in [0.2, 0.25) is 0 Å². The first kappa shape index (κ1) is 13.3. The average molecular weight is 254 g/mol. The molecule has 7 heteroatoms. The number of nitrogen functional groups attached to an aromatic ring is 1. The van der Waals surface area contributed by atoms with Crippen molar-refractivity contribution in [2.75, 3.05) is 10.5 Å². The first-order valence-corrected chi connectivity index (χ1v) is 6.42. The van der Waals surface area contributed by atoms with Gasteiger partial charge in [-0.25, -0.2) is 0 Å². The zero-order valence-electron chi connectivity index (χ0n) is 9.56. The van der Waals surface area contributed by atoms with Crippen molar-refractivity contribution < 1.29 is 8.42 Å². The quantitative estimate of drug-likeness (QED) is 0.690. The fourth-order valence-electron chi connectivity index (χ4n) is 1.23. The Morgan fingerprint density at radius 3 is 2.59 bits per heavy atom. The highest BCUT2D eigenvalue weighted by Crippen LogP contribution is 2.18. The second kappa shape index (κ2) is 5.03. The van der Waals surface area contributed by atoms with Crippen LogP contribution in [0.25, 0.3) is 0 Å². The topological polar surface area (TPSA) is 108 Å². The van der Waals surface area contributed by atoms with Crippen LogP contribution in [0.3, 0.4) is 0 Å². The molecule has 0 heterocycles. The smallest absolute Gasteiger partial charge is 0.299 e. The number of nitriles is 1. The molecule has 6 nitrogen and oxygen atoms in total. The van der Waals surface area contributed by atoms with Crippen molar-refractivity contribution in [3.05, 3.63) is 23.8 Å². The normalized spacial score (nSPS) is 11.2. The van der Waals surface area contributed by atoms with Crippen molar-refractivity contribution >= 4 is 21.6 Å². The van der Waals surface area contributed by atoms with E-state index in [0.29, 0.717) is 5.69 Å². The van der Waals surface area contributed by atoms with Gasteiger partial charge in [0.15, 0.2) is 0 Å². The Morgan fingerprint density at radius 1 is 1.41 bits per heavy atom. The zero-order valence-corrected chi connectivity index (χ0v) is 10.4. The van der Waals surface area contributed by atoms with Gasteiger partial charge in [0, 0.05) is 11.7 Å². The van der Waals surface area contributed by atoms with Crippen LogP contribution in [-0.2, 0) is 10.2 Å². The van der Waals surface area contributed by atoms with Crippen LogP contribution in [0, 0.1) is 11.3 Å². The molecule has 4 N–H and O–H groups in total. The number of nitrogens with one attached hydrogen (secondary N) is 2. The summed E-state index contributed by atoms with van der Waals surface area (Å²) in [6.07, 6.45) is 0. The largest absolute Gasteiger partial charge is 0.399 e. The van der Waals surface area contributed by atoms with Crippen LogP contribution >= 0.6 is 0 Å². The third-order valence-corrected chi connectivity index (χ3v) is 3.07. The summed E-state index contributed by atoms with van der Waals surface area (Å²) in [5.41, 5.74) is 6.29. The molecule has 1 aromatic rings. The highest BCUT2D eigenvalue weighted by Gasteiger charge is 2.13. The Labute approximate surface area is 101 Å². The van der Waals surface area contributed by atoms with Crippen LogP contribution in [0.5, 0.6) is 0 Å². The lowest BCUT2D eigenvalue weighted by molar-refractivity contribution is 0.575. The Bertz CT molecular complexity index is 546. The molecule has 0 bridgehead atoms. The molecule has 0 saturated heterocycles. The molecule has 1 rings (SSSR count). The van der Waals surface area contributed by atoms with Crippen LogP contribution in [0.1, 0.15) is 19.4 Å². The first-order valence-electron chi connectivity index (χ1n) is 4.94. The standard InChI is InChI=1S/C10H14N4O2S/c1-7(2)13-17(15,16)14-10-4-3-9(12)5-8(10)6-11/h3-5,7,13-14H,12H2,1-2H3. The van der Waals surface area contributed by atoms with E-state index >= 15 is 0 Å². The molecule has 0 spiro atoms. The first-order chi connectivity index (χ1) is 7.84. The van der Waals surface area contributed by atoms with E-state index in [2.05, 4.69) is 9.44 Å². The number of hydrogen-bond acceptors (Lipinski definition) is 4. The van der Waals surface area contributed by atoms with Gasteiger partial charge in [0.1, 0.15) is 6.07 Å². The van der Waals surface area contributed by atoms with Crippen molar-refractivity contribution in [3.63, 3.8) is 0 Å². The summed E-state index contributed by atoms with van der Waals surface area (Å²) >= 11 is 0. The second-order valence-electron chi connectivity index (χ2n) is 3.79. The van der Waals surface area contributed by atoms with E-state index in [1.165, 1.54) is 18.2 Å². The number of nitrogens with two attached hydrogens (primary N) is 1. The van der Waals surface area contributed by atoms with Crippen LogP contribution in [0.2, 0.25) is 0 Å². The third-order valence-electron chi connectivity index (χ3n) is 1.80. The molecule has 0 aliphatic heterocycles. The monoisotopic (exact) mass is 254 g/mol. The average Bonchev–Trinajstić information content (AvgIpc) is 2.18. The molecule has 0 saturated carbocycles. The van der Waals surface area contributed by atoms with E-state index in [1.54, 1.807) is 13.8 Å². The minimum absolute atomic E-state index is 0.180. The minimum atomic E-state index is -3.67. The molecule has 92 valence electrons. The summed E-state index contributed by atoms with van der Waals surface area (Å²) in [4.78, 5) is 0. The maximum atomic E-state index is 11.6. The summed E-state index contributed by atoms with van der Waals surface area (Å²) in [6.45, 7) is 3.40. The fraction of sp³-hybridized carbons (Fsp3) is 0.300. The summed E-state index contributed by atoms with van der Waals surface area (Å²) < 4.78 is 27.8. The summed E-state index contributed by atoms with van der Waals surface area (Å²) in [6, 6.07) is 6.03. The lowest BCUT2D eigenvalue weighted by Gasteiger charge is -2.12. The van der Waals surface area contributed by atoms with E-state index in [1.807, 2.05) is 6.07 Å². The van der Waals surface area contributed by atoms with Gasteiger partial charge in [-0.2, -0.15) is 18.4 Å². The molecule has 0 amide bonds. The van der Waals surface area contributed by atoms with Crippen LogP contribution in [0.15, 0.2) is 18.2 Å². The molecule has 0 fully saturated rings. The lowest BCUT2D eigenvalue weighted by atomic mass is 10.2. The van der Waals surface area contributed by atoms with Crippen molar-refractivity contribution in [2.24, 2.45) is 0 Å². The number of hydrogen-bond donors (Lipinski definition) is 3. The molecular formula is C10H14N4O2S. The Balaban J connectivity index is 3.01. The number of rotatable bonds is 4. The molecule has 17 heavy (non-hydrogen) atoms. The Hall–Kier alpha value is -1.78. The summed E-state index contributed by atoms with van der Waals surface area (Å²) in [7, 11) is -3.67. The van der Waals surface area contributed by atoms with Crippen molar-refractivity contribution in [3.8, 4) is 6.07 Å². The van der Waals surface area contributed by atoms with Gasteiger partial charge in [0.05, 0.1) is 11.3 Å². The van der Waals surface area contributed by atoms with Gasteiger partial charge in [-0.15, -0.1) is 0 Å². The van der Waals surface area contributed by atoms with E-state index < -0.39 is 10.2 Å². The van der Waals surface area contributed by atoms with Crippen LogP contribution < -0.4 is 15.2 Å². The van der Waals surface area contributed by atoms with Gasteiger partial charge in [-0.1, -0.05) is 0 Å². The maximum Gasteiger partial charge on any atom is 0.299 e. The Kier molecular flexibility index (Phi) is 3.93. The van der Waals surface area contributed by atoms with Crippen molar-refractivity contribution in [1.29, 1.82) is 5.26 Å². The van der Waals surface area contributed by atoms with Crippen molar-refractivity contribution in [2.45, 2.75) is 19.9 Å². The van der Waals surface area contributed by atoms with Gasteiger partial charge < -0.3 is 5.73 Å². The molecule has 0 atom stereocenters. The molecule has 0 unspecified atom stereocenters. The van der Waals surface area contributed by atoms with E-state index in [4.69, 9.17) is 11.0 Å². The van der Waals surface area contributed by atoms with Crippen molar-refractivity contribution in [1.82, 2.24) is 4.72 Å². The van der Waals surface area contributed by atoms with Gasteiger partial charge in [-0.05, 0) is 32.0 Å². The second-order valence-corrected chi connectivity index (χ2v) is 5.24. The molecular weight excluding hydrogens is 240 g/mol. The third kappa shape index (κ3) is 3.94. The van der Waals surface area contributed by atoms with Crippen LogP contribution in [-0.4, -0.2) is 14.5 Å². The van der Waals surface area contributed by atoms with Gasteiger partial charge in [-0.3, -0.25) is 4.72 Å². The molecule has 0 aliphatic rings. The number of nitrogens with zero attached hydrogens (tertiary/aromatic N) is 1. The maximum absolute atomic E-state index is 11.6. The van der Waals surface area contributed by atoms with Gasteiger partial charge >= 0.3 is 0 Å².